The molecule has 0 fully saturated rings. The number of hydrogen-bond donors (Lipinski definition) is 0. The highest BCUT2D eigenvalue weighted by Crippen LogP contribution is 2.60. The molecule has 0 saturated heterocycles. The Kier molecular flexibility index (Phi) is 11.3. The first-order valence-corrected chi connectivity index (χ1v) is 32.6. The summed E-state index contributed by atoms with van der Waals surface area (Å²) in [6.07, 6.45) is 9.26. The highest BCUT2D eigenvalue weighted by atomic mass is 32.1. The van der Waals surface area contributed by atoms with E-state index in [1.165, 1.54) is 96.0 Å². The fraction of sp³-hybridized carbons (Fsp3) is 0.410. The summed E-state index contributed by atoms with van der Waals surface area (Å²) in [6, 6.07) is 52.4. The molecule has 7 aromatic carbocycles. The zero-order valence-corrected chi connectivity index (χ0v) is 53.9. The Bertz CT molecular complexity index is 4250. The van der Waals surface area contributed by atoms with Crippen molar-refractivity contribution in [1.82, 2.24) is 0 Å². The minimum absolute atomic E-state index is 0.00450. The average Bonchev–Trinajstić information content (AvgIpc) is 1.28. The van der Waals surface area contributed by atoms with Crippen LogP contribution in [-0.2, 0) is 43.3 Å². The van der Waals surface area contributed by atoms with E-state index in [-0.39, 0.29) is 50.0 Å². The van der Waals surface area contributed by atoms with Gasteiger partial charge in [0, 0.05) is 54.6 Å². The normalized spacial score (nSPS) is 20.9. The second kappa shape index (κ2) is 17.6. The third-order valence-electron chi connectivity index (χ3n) is 22.6. The SMILES string of the molecule is CC1(C)CCC(C)(C)c2cc(N3c4cc5c(cc4B4c6sc7c(c6N(c6ccc8c(c6)C(C)(C)CCC8(C)C)c6cc(N(c8ccccc8)c8cccc9c8oc8ccccc89)cc3c64)C(C)(C)CCC7(C)C)C(C)(C)CCC5(C)C)ccc21. The maximum absolute atomic E-state index is 7.08. The molecule has 9 aromatic rings. The zero-order chi connectivity index (χ0) is 58.8. The van der Waals surface area contributed by atoms with Crippen molar-refractivity contribution in [1.29, 1.82) is 0 Å². The number of rotatable bonds is 5. The Morgan fingerprint density at radius 2 is 0.905 bits per heavy atom. The predicted molar refractivity (Wildman–Crippen MR) is 361 cm³/mol. The van der Waals surface area contributed by atoms with Gasteiger partial charge in [0.15, 0.2) is 5.58 Å². The van der Waals surface area contributed by atoms with E-state index >= 15 is 0 Å². The molecule has 0 unspecified atom stereocenters. The summed E-state index contributed by atoms with van der Waals surface area (Å²) >= 11 is 2.15. The van der Waals surface area contributed by atoms with Gasteiger partial charge in [-0.05, 0) is 211 Å². The van der Waals surface area contributed by atoms with E-state index < -0.39 is 0 Å². The second-order valence-corrected chi connectivity index (χ2v) is 33.0. The van der Waals surface area contributed by atoms with Crippen molar-refractivity contribution in [3.63, 3.8) is 0 Å². The van der Waals surface area contributed by atoms with Crippen LogP contribution in [0.5, 0.6) is 0 Å². The monoisotopic (exact) mass is 1120 g/mol. The first-order valence-electron chi connectivity index (χ1n) is 31.8. The molecule has 6 heteroatoms. The van der Waals surface area contributed by atoms with E-state index in [9.17, 15) is 0 Å². The molecule has 84 heavy (non-hydrogen) atoms. The van der Waals surface area contributed by atoms with E-state index in [0.29, 0.717) is 0 Å². The lowest BCUT2D eigenvalue weighted by molar-refractivity contribution is 0.332. The van der Waals surface area contributed by atoms with E-state index in [1.807, 2.05) is 0 Å². The van der Waals surface area contributed by atoms with Crippen LogP contribution in [0.1, 0.15) is 206 Å². The van der Waals surface area contributed by atoms with E-state index in [4.69, 9.17) is 4.42 Å². The number of anilines is 9. The van der Waals surface area contributed by atoms with Crippen LogP contribution in [-0.4, -0.2) is 6.71 Å². The minimum atomic E-state index is -0.0667. The second-order valence-electron chi connectivity index (χ2n) is 31.9. The summed E-state index contributed by atoms with van der Waals surface area (Å²) in [4.78, 5) is 9.66. The molecule has 4 nitrogen and oxygen atoms in total. The highest BCUT2D eigenvalue weighted by molar-refractivity contribution is 7.29. The first-order chi connectivity index (χ1) is 39.6. The summed E-state index contributed by atoms with van der Waals surface area (Å²) in [5.74, 6) is 0. The topological polar surface area (TPSA) is 22.9 Å². The molecular formula is C78H86BN3OS. The highest BCUT2D eigenvalue weighted by Gasteiger charge is 2.53. The van der Waals surface area contributed by atoms with Crippen LogP contribution < -0.4 is 30.4 Å². The maximum Gasteiger partial charge on any atom is 0.264 e. The molecule has 0 amide bonds. The van der Waals surface area contributed by atoms with Crippen LogP contribution in [0.15, 0.2) is 138 Å². The van der Waals surface area contributed by atoms with Gasteiger partial charge in [-0.1, -0.05) is 178 Å². The average molecular weight is 1120 g/mol. The number of fused-ring (bicyclic) bond motifs is 12. The minimum Gasteiger partial charge on any atom is -0.454 e. The molecule has 0 radical (unpaired) electrons. The van der Waals surface area contributed by atoms with Crippen molar-refractivity contribution in [3.05, 3.63) is 177 Å². The number of para-hydroxylation sites is 3. The number of thiophene rings is 1. The van der Waals surface area contributed by atoms with E-state index in [0.717, 1.165) is 77.5 Å². The van der Waals surface area contributed by atoms with Crippen molar-refractivity contribution in [2.45, 2.75) is 205 Å². The van der Waals surface area contributed by atoms with Gasteiger partial charge in [-0.2, -0.15) is 11.3 Å². The van der Waals surface area contributed by atoms with Gasteiger partial charge in [-0.25, -0.2) is 0 Å². The molecule has 4 heterocycles. The van der Waals surface area contributed by atoms with Crippen molar-refractivity contribution in [2.24, 2.45) is 0 Å². The molecule has 0 saturated carbocycles. The smallest absolute Gasteiger partial charge is 0.264 e. The van der Waals surface area contributed by atoms with Crippen LogP contribution in [0.3, 0.4) is 0 Å². The molecule has 0 spiro atoms. The lowest BCUT2D eigenvalue weighted by Crippen LogP contribution is -2.61. The molecule has 4 aliphatic carbocycles. The zero-order valence-electron chi connectivity index (χ0n) is 53.1. The Morgan fingerprint density at radius 1 is 0.417 bits per heavy atom. The number of hydrogen-bond acceptors (Lipinski definition) is 5. The van der Waals surface area contributed by atoms with Crippen LogP contribution in [0.4, 0.5) is 51.2 Å². The molecule has 2 aromatic heterocycles. The van der Waals surface area contributed by atoms with Crippen molar-refractivity contribution < 1.29 is 4.42 Å². The number of furan rings is 1. The Labute approximate surface area is 505 Å². The third-order valence-corrected chi connectivity index (χ3v) is 24.2. The number of benzene rings is 7. The lowest BCUT2D eigenvalue weighted by Gasteiger charge is -2.48. The van der Waals surface area contributed by atoms with Crippen molar-refractivity contribution in [3.8, 4) is 0 Å². The van der Waals surface area contributed by atoms with Crippen molar-refractivity contribution in [2.75, 3.05) is 14.7 Å². The fourth-order valence-corrected chi connectivity index (χ4v) is 18.6. The van der Waals surface area contributed by atoms with Gasteiger partial charge >= 0.3 is 0 Å². The summed E-state index contributed by atoms with van der Waals surface area (Å²) < 4.78 is 8.58. The summed E-state index contributed by atoms with van der Waals surface area (Å²) in [5, 5.41) is 2.25. The van der Waals surface area contributed by atoms with Gasteiger partial charge < -0.3 is 19.1 Å². The molecule has 428 valence electrons. The van der Waals surface area contributed by atoms with E-state index in [2.05, 4.69) is 270 Å². The fourth-order valence-electron chi connectivity index (χ4n) is 16.8. The Hall–Kier alpha value is -6.50. The van der Waals surface area contributed by atoms with Gasteiger partial charge in [0.05, 0.1) is 17.1 Å². The predicted octanol–water partition coefficient (Wildman–Crippen LogP) is 20.6. The Morgan fingerprint density at radius 3 is 1.51 bits per heavy atom. The van der Waals surface area contributed by atoms with Crippen LogP contribution in [0, 0.1) is 0 Å². The van der Waals surface area contributed by atoms with Crippen LogP contribution in [0.25, 0.3) is 21.9 Å². The van der Waals surface area contributed by atoms with Crippen LogP contribution >= 0.6 is 11.3 Å². The van der Waals surface area contributed by atoms with Gasteiger partial charge in [0.25, 0.3) is 6.71 Å². The summed E-state index contributed by atoms with van der Waals surface area (Å²) in [5.41, 5.74) is 26.2. The summed E-state index contributed by atoms with van der Waals surface area (Å²) in [7, 11) is 0. The lowest BCUT2D eigenvalue weighted by atomic mass is 9.35. The van der Waals surface area contributed by atoms with Gasteiger partial charge in [0.2, 0.25) is 0 Å². The Balaban J connectivity index is 1.13. The van der Waals surface area contributed by atoms with E-state index in [1.54, 1.807) is 10.4 Å². The standard InChI is InChI=1S/C78H86BN3OS/c1-71(2)33-35-73(5,6)55-41-48(29-31-53(55)71)81-61-46-58-57(75(9,10)37-38-76(58,11)12)45-59(61)79-66-62(81)43-50(80(47-23-18-17-19-24-47)60-27-22-26-52-51-25-20-21-28-64(51)83-68(52)60)44-63(66)82(49-30-32-54-56(42-49)74(7,8)36-34-72(54,3)4)67-65-69(84-70(67)79)78(15,16)40-39-77(65,13)14/h17-32,41-46H,33-40H2,1-16H3. The summed E-state index contributed by atoms with van der Waals surface area (Å²) in [6.45, 7) is 40.1. The molecule has 0 atom stereocenters. The molecule has 2 aliphatic heterocycles. The molecule has 6 aliphatic rings. The maximum atomic E-state index is 7.08. The number of nitrogens with zero attached hydrogens (tertiary/aromatic N) is 3. The van der Waals surface area contributed by atoms with Gasteiger partial charge in [-0.3, -0.25) is 0 Å². The quantitative estimate of drug-likeness (QED) is 0.160. The van der Waals surface area contributed by atoms with Crippen molar-refractivity contribution >= 4 is 107 Å². The molecule has 0 N–H and O–H groups in total. The molecular weight excluding hydrogens is 1040 g/mol. The third kappa shape index (κ3) is 7.75. The van der Waals surface area contributed by atoms with Gasteiger partial charge in [0.1, 0.15) is 5.58 Å². The van der Waals surface area contributed by atoms with Gasteiger partial charge in [-0.15, -0.1) is 0 Å². The largest absolute Gasteiger partial charge is 0.454 e. The molecule has 0 bridgehead atoms. The van der Waals surface area contributed by atoms with Crippen LogP contribution in [0.2, 0.25) is 0 Å². The molecule has 15 rings (SSSR count). The first kappa shape index (κ1) is 54.2.